The minimum Gasteiger partial charge on any atom is -0.237 e. The van der Waals surface area contributed by atoms with Crippen molar-refractivity contribution in [2.24, 2.45) is 0 Å². The zero-order valence-corrected chi connectivity index (χ0v) is 11.0. The lowest BCUT2D eigenvalue weighted by Crippen LogP contribution is -2.15. The van der Waals surface area contributed by atoms with Gasteiger partial charge in [0.15, 0.2) is 15.5 Å². The molecular formula is C11H11ClN2O2S. The second-order valence-corrected chi connectivity index (χ2v) is 6.75. The Morgan fingerprint density at radius 3 is 2.71 bits per heavy atom. The van der Waals surface area contributed by atoms with Crippen LogP contribution in [0.3, 0.4) is 0 Å². The summed E-state index contributed by atoms with van der Waals surface area (Å²) < 4.78 is 24.1. The second-order valence-electron chi connectivity index (χ2n) is 3.92. The lowest BCUT2D eigenvalue weighted by Gasteiger charge is -2.09. The first-order valence-corrected chi connectivity index (χ1v) is 7.00. The number of fused-ring (bicyclic) bond motifs is 1. The summed E-state index contributed by atoms with van der Waals surface area (Å²) in [5.41, 5.74) is 0.445. The molecule has 0 amide bonds. The van der Waals surface area contributed by atoms with E-state index in [9.17, 15) is 8.42 Å². The van der Waals surface area contributed by atoms with Gasteiger partial charge in [-0.1, -0.05) is 11.6 Å². The number of aromatic nitrogens is 2. The van der Waals surface area contributed by atoms with E-state index in [0.717, 1.165) is 0 Å². The van der Waals surface area contributed by atoms with Crippen molar-refractivity contribution in [3.05, 3.63) is 29.5 Å². The maximum atomic E-state index is 12.1. The van der Waals surface area contributed by atoms with Gasteiger partial charge in [0.1, 0.15) is 10.0 Å². The predicted octanol–water partition coefficient (Wildman–Crippen LogP) is 2.47. The Bertz CT molecular complexity index is 668. The van der Waals surface area contributed by atoms with Crippen molar-refractivity contribution in [3.8, 4) is 0 Å². The lowest BCUT2D eigenvalue weighted by atomic mass is 10.3. The fourth-order valence-electron chi connectivity index (χ4n) is 1.42. The van der Waals surface area contributed by atoms with Crippen LogP contribution in [0.4, 0.5) is 0 Å². The maximum absolute atomic E-state index is 12.1. The van der Waals surface area contributed by atoms with Gasteiger partial charge < -0.3 is 0 Å². The lowest BCUT2D eigenvalue weighted by molar-refractivity contribution is 0.587. The van der Waals surface area contributed by atoms with Crippen LogP contribution < -0.4 is 0 Å². The number of hydrogen-bond donors (Lipinski definition) is 0. The molecule has 17 heavy (non-hydrogen) atoms. The minimum absolute atomic E-state index is 0.0232. The van der Waals surface area contributed by atoms with Crippen LogP contribution in [0, 0.1) is 0 Å². The number of sulfone groups is 1. The van der Waals surface area contributed by atoms with Crippen molar-refractivity contribution in [1.82, 2.24) is 9.97 Å². The fourth-order valence-corrected chi connectivity index (χ4v) is 2.95. The van der Waals surface area contributed by atoms with E-state index in [4.69, 9.17) is 11.6 Å². The molecule has 0 aliphatic rings. The topological polar surface area (TPSA) is 59.9 Å². The number of halogens is 1. The summed E-state index contributed by atoms with van der Waals surface area (Å²) >= 11 is 5.90. The van der Waals surface area contributed by atoms with Gasteiger partial charge in [-0.3, -0.25) is 0 Å². The molecule has 0 bridgehead atoms. The third-order valence-corrected chi connectivity index (χ3v) is 5.00. The van der Waals surface area contributed by atoms with E-state index in [1.807, 2.05) is 0 Å². The monoisotopic (exact) mass is 270 g/mol. The van der Waals surface area contributed by atoms with E-state index < -0.39 is 15.1 Å². The van der Waals surface area contributed by atoms with E-state index in [1.165, 1.54) is 6.07 Å². The summed E-state index contributed by atoms with van der Waals surface area (Å²) in [5.74, 6) is 0. The van der Waals surface area contributed by atoms with Crippen molar-refractivity contribution in [3.63, 3.8) is 0 Å². The minimum atomic E-state index is -3.42. The standard InChI is InChI=1S/C11H11ClN2O2S/c1-7(2)17(15,16)9-6-8-4-3-5-13-11(8)14-10(9)12/h3-7H,1-2H3. The smallest absolute Gasteiger partial charge is 0.183 e. The summed E-state index contributed by atoms with van der Waals surface area (Å²) in [6.07, 6.45) is 1.59. The number of hydrogen-bond acceptors (Lipinski definition) is 4. The summed E-state index contributed by atoms with van der Waals surface area (Å²) in [6, 6.07) is 5.00. The Morgan fingerprint density at radius 1 is 1.35 bits per heavy atom. The highest BCUT2D eigenvalue weighted by molar-refractivity contribution is 7.92. The van der Waals surface area contributed by atoms with Crippen LogP contribution in [0.1, 0.15) is 13.8 Å². The van der Waals surface area contributed by atoms with Gasteiger partial charge >= 0.3 is 0 Å². The van der Waals surface area contributed by atoms with Gasteiger partial charge in [0, 0.05) is 11.6 Å². The molecule has 4 nitrogen and oxygen atoms in total. The van der Waals surface area contributed by atoms with Crippen LogP contribution >= 0.6 is 11.6 Å². The van der Waals surface area contributed by atoms with Crippen LogP contribution in [0.2, 0.25) is 5.15 Å². The predicted molar refractivity (Wildman–Crippen MR) is 66.9 cm³/mol. The van der Waals surface area contributed by atoms with Gasteiger partial charge in [-0.05, 0) is 32.0 Å². The molecule has 0 aliphatic carbocycles. The summed E-state index contributed by atoms with van der Waals surface area (Å²) in [5, 5.41) is 0.108. The van der Waals surface area contributed by atoms with Gasteiger partial charge in [-0.2, -0.15) is 0 Å². The van der Waals surface area contributed by atoms with Gasteiger partial charge in [-0.25, -0.2) is 18.4 Å². The molecular weight excluding hydrogens is 260 g/mol. The Kier molecular flexibility index (Phi) is 3.05. The first-order chi connectivity index (χ1) is 7.93. The first-order valence-electron chi connectivity index (χ1n) is 5.08. The van der Waals surface area contributed by atoms with E-state index in [2.05, 4.69) is 9.97 Å². The average Bonchev–Trinajstić information content (AvgIpc) is 2.27. The van der Waals surface area contributed by atoms with Crippen molar-refractivity contribution in [2.45, 2.75) is 24.0 Å². The van der Waals surface area contributed by atoms with Crippen LogP contribution in [0.15, 0.2) is 29.3 Å². The van der Waals surface area contributed by atoms with Crippen molar-refractivity contribution in [2.75, 3.05) is 0 Å². The van der Waals surface area contributed by atoms with Crippen molar-refractivity contribution in [1.29, 1.82) is 0 Å². The van der Waals surface area contributed by atoms with Gasteiger partial charge in [0.25, 0.3) is 0 Å². The fraction of sp³-hybridized carbons (Fsp3) is 0.273. The average molecular weight is 271 g/mol. The molecule has 0 saturated carbocycles. The molecule has 0 unspecified atom stereocenters. The third-order valence-electron chi connectivity index (χ3n) is 2.44. The quantitative estimate of drug-likeness (QED) is 0.787. The Morgan fingerprint density at radius 2 is 2.06 bits per heavy atom. The van der Waals surface area contributed by atoms with E-state index >= 15 is 0 Å². The molecule has 90 valence electrons. The Labute approximate surface area is 105 Å². The van der Waals surface area contributed by atoms with Crippen LogP contribution in [-0.2, 0) is 9.84 Å². The molecule has 0 atom stereocenters. The zero-order chi connectivity index (χ0) is 12.6. The highest BCUT2D eigenvalue weighted by atomic mass is 35.5. The van der Waals surface area contributed by atoms with Gasteiger partial charge in [0.05, 0.1) is 5.25 Å². The zero-order valence-electron chi connectivity index (χ0n) is 9.38. The molecule has 2 aromatic heterocycles. The summed E-state index contributed by atoms with van der Waals surface area (Å²) in [6.45, 7) is 3.22. The molecule has 2 aromatic rings. The van der Waals surface area contributed by atoms with Crippen LogP contribution in [0.25, 0.3) is 11.0 Å². The maximum Gasteiger partial charge on any atom is 0.183 e. The van der Waals surface area contributed by atoms with E-state index in [-0.39, 0.29) is 10.0 Å². The van der Waals surface area contributed by atoms with E-state index in [0.29, 0.717) is 11.0 Å². The Hall–Kier alpha value is -1.20. The highest BCUT2D eigenvalue weighted by Gasteiger charge is 2.23. The molecule has 0 aliphatic heterocycles. The third kappa shape index (κ3) is 2.12. The van der Waals surface area contributed by atoms with E-state index in [1.54, 1.807) is 32.2 Å². The summed E-state index contributed by atoms with van der Waals surface area (Å²) in [7, 11) is -3.42. The van der Waals surface area contributed by atoms with Gasteiger partial charge in [0.2, 0.25) is 0 Å². The molecule has 0 aromatic carbocycles. The van der Waals surface area contributed by atoms with Crippen molar-refractivity contribution < 1.29 is 8.42 Å². The largest absolute Gasteiger partial charge is 0.237 e. The number of nitrogens with zero attached hydrogens (tertiary/aromatic N) is 2. The molecule has 2 rings (SSSR count). The molecule has 0 fully saturated rings. The highest BCUT2D eigenvalue weighted by Crippen LogP contribution is 2.26. The normalized spacial score (nSPS) is 12.2. The molecule has 0 saturated heterocycles. The SMILES string of the molecule is CC(C)S(=O)(=O)c1cc2cccnc2nc1Cl. The van der Waals surface area contributed by atoms with Gasteiger partial charge in [-0.15, -0.1) is 0 Å². The number of pyridine rings is 2. The first kappa shape index (κ1) is 12.3. The summed E-state index contributed by atoms with van der Waals surface area (Å²) in [4.78, 5) is 8.08. The number of rotatable bonds is 2. The molecule has 0 spiro atoms. The second kappa shape index (κ2) is 4.23. The van der Waals surface area contributed by atoms with Crippen LogP contribution in [-0.4, -0.2) is 23.6 Å². The van der Waals surface area contributed by atoms with Crippen LogP contribution in [0.5, 0.6) is 0 Å². The molecule has 6 heteroatoms. The Balaban J connectivity index is 2.76. The molecule has 0 N–H and O–H groups in total. The van der Waals surface area contributed by atoms with Crippen molar-refractivity contribution >= 4 is 32.5 Å². The molecule has 0 radical (unpaired) electrons. The molecule has 2 heterocycles.